The predicted molar refractivity (Wildman–Crippen MR) is 73.3 cm³/mol. The van der Waals surface area contributed by atoms with E-state index in [1.807, 2.05) is 0 Å². The zero-order valence-electron chi connectivity index (χ0n) is 10.7. The predicted octanol–water partition coefficient (Wildman–Crippen LogP) is 1.92. The van der Waals surface area contributed by atoms with E-state index in [1.54, 1.807) is 6.92 Å². The summed E-state index contributed by atoms with van der Waals surface area (Å²) in [5.74, 6) is 1.46. The Balaban J connectivity index is 1.60. The molecule has 98 valence electrons. The fourth-order valence-electron chi connectivity index (χ4n) is 2.83. The summed E-state index contributed by atoms with van der Waals surface area (Å²) < 4.78 is 0. The lowest BCUT2D eigenvalue weighted by atomic mass is 9.91. The molecule has 3 nitrogen and oxygen atoms in total. The third-order valence-corrected chi connectivity index (χ3v) is 5.19. The SMILES string of the molecule is CC(=O)NC1CCC(NC[C@@H]2CCCS2)CC1. The Morgan fingerprint density at radius 3 is 2.47 bits per heavy atom. The second kappa shape index (κ2) is 6.64. The highest BCUT2D eigenvalue weighted by atomic mass is 32.2. The van der Waals surface area contributed by atoms with E-state index >= 15 is 0 Å². The normalized spacial score (nSPS) is 33.6. The fourth-order valence-corrected chi connectivity index (χ4v) is 4.05. The molecular formula is C13H24N2OS. The van der Waals surface area contributed by atoms with Crippen molar-refractivity contribution in [2.45, 2.75) is 62.8 Å². The summed E-state index contributed by atoms with van der Waals surface area (Å²) in [6.45, 7) is 2.79. The summed E-state index contributed by atoms with van der Waals surface area (Å²) in [6.07, 6.45) is 7.47. The van der Waals surface area contributed by atoms with Gasteiger partial charge in [0.2, 0.25) is 5.91 Å². The molecule has 1 heterocycles. The van der Waals surface area contributed by atoms with Gasteiger partial charge in [-0.25, -0.2) is 0 Å². The van der Waals surface area contributed by atoms with E-state index in [9.17, 15) is 4.79 Å². The minimum Gasteiger partial charge on any atom is -0.354 e. The van der Waals surface area contributed by atoms with Crippen molar-refractivity contribution in [1.29, 1.82) is 0 Å². The molecule has 1 saturated carbocycles. The molecule has 1 amide bonds. The van der Waals surface area contributed by atoms with Crippen molar-refractivity contribution in [3.8, 4) is 0 Å². The van der Waals surface area contributed by atoms with Crippen LogP contribution < -0.4 is 10.6 Å². The van der Waals surface area contributed by atoms with Gasteiger partial charge in [-0.3, -0.25) is 4.79 Å². The molecule has 0 aromatic heterocycles. The Bertz CT molecular complexity index is 246. The number of nitrogens with one attached hydrogen (secondary N) is 2. The van der Waals surface area contributed by atoms with Crippen LogP contribution in [0.25, 0.3) is 0 Å². The van der Waals surface area contributed by atoms with Crippen molar-refractivity contribution in [2.24, 2.45) is 0 Å². The maximum atomic E-state index is 11.0. The van der Waals surface area contributed by atoms with Crippen LogP contribution in [0.2, 0.25) is 0 Å². The third-order valence-electron chi connectivity index (χ3n) is 3.79. The first kappa shape index (κ1) is 13.2. The summed E-state index contributed by atoms with van der Waals surface area (Å²) in [6, 6.07) is 1.10. The van der Waals surface area contributed by atoms with Gasteiger partial charge in [-0.05, 0) is 44.3 Å². The maximum absolute atomic E-state index is 11.0. The first-order valence-corrected chi connectivity index (χ1v) is 7.91. The Morgan fingerprint density at radius 1 is 1.18 bits per heavy atom. The van der Waals surface area contributed by atoms with E-state index in [0.29, 0.717) is 12.1 Å². The van der Waals surface area contributed by atoms with Crippen LogP contribution in [0.5, 0.6) is 0 Å². The maximum Gasteiger partial charge on any atom is 0.217 e. The Hall–Kier alpha value is -0.220. The standard InChI is InChI=1S/C13H24N2OS/c1-10(16)15-12-6-4-11(5-7-12)14-9-13-3-2-8-17-13/h11-14H,2-9H2,1H3,(H,15,16)/t11?,12?,13-/m0/s1. The number of carbonyl (C=O) groups is 1. The molecule has 0 unspecified atom stereocenters. The quantitative estimate of drug-likeness (QED) is 0.807. The largest absolute Gasteiger partial charge is 0.354 e. The van der Waals surface area contributed by atoms with Gasteiger partial charge >= 0.3 is 0 Å². The molecule has 1 aliphatic heterocycles. The molecule has 2 N–H and O–H groups in total. The fraction of sp³-hybridized carbons (Fsp3) is 0.923. The average molecular weight is 256 g/mol. The lowest BCUT2D eigenvalue weighted by Gasteiger charge is -2.30. The number of thioether (sulfide) groups is 1. The smallest absolute Gasteiger partial charge is 0.217 e. The van der Waals surface area contributed by atoms with Gasteiger partial charge in [0.25, 0.3) is 0 Å². The molecule has 0 aromatic rings. The molecule has 0 aromatic carbocycles. The van der Waals surface area contributed by atoms with Crippen molar-refractivity contribution in [1.82, 2.24) is 10.6 Å². The highest BCUT2D eigenvalue weighted by Crippen LogP contribution is 2.26. The first-order valence-electron chi connectivity index (χ1n) is 6.86. The molecule has 0 radical (unpaired) electrons. The van der Waals surface area contributed by atoms with Crippen LogP contribution in [-0.4, -0.2) is 35.5 Å². The third kappa shape index (κ3) is 4.51. The number of rotatable bonds is 4. The van der Waals surface area contributed by atoms with Gasteiger partial charge in [0.15, 0.2) is 0 Å². The molecule has 4 heteroatoms. The van der Waals surface area contributed by atoms with Gasteiger partial charge in [0.05, 0.1) is 0 Å². The van der Waals surface area contributed by atoms with Crippen LogP contribution in [0.4, 0.5) is 0 Å². The van der Waals surface area contributed by atoms with Crippen molar-refractivity contribution in [3.63, 3.8) is 0 Å². The van der Waals surface area contributed by atoms with Gasteiger partial charge in [-0.1, -0.05) is 0 Å². The number of amides is 1. The van der Waals surface area contributed by atoms with Gasteiger partial charge in [0.1, 0.15) is 0 Å². The lowest BCUT2D eigenvalue weighted by molar-refractivity contribution is -0.119. The second-order valence-electron chi connectivity index (χ2n) is 5.29. The monoisotopic (exact) mass is 256 g/mol. The van der Waals surface area contributed by atoms with E-state index < -0.39 is 0 Å². The average Bonchev–Trinajstić information content (AvgIpc) is 2.80. The summed E-state index contributed by atoms with van der Waals surface area (Å²) >= 11 is 2.12. The molecule has 0 bridgehead atoms. The molecular weight excluding hydrogens is 232 g/mol. The molecule has 2 aliphatic rings. The van der Waals surface area contributed by atoms with Crippen molar-refractivity contribution < 1.29 is 4.79 Å². The minimum atomic E-state index is 0.115. The molecule has 2 fully saturated rings. The Labute approximate surface area is 108 Å². The summed E-state index contributed by atoms with van der Waals surface area (Å²) in [5.41, 5.74) is 0. The van der Waals surface area contributed by atoms with Gasteiger partial charge in [-0.15, -0.1) is 0 Å². The van der Waals surface area contributed by atoms with Crippen molar-refractivity contribution >= 4 is 17.7 Å². The van der Waals surface area contributed by atoms with Gasteiger partial charge in [0, 0.05) is 30.8 Å². The summed E-state index contributed by atoms with van der Waals surface area (Å²) in [4.78, 5) is 11.0. The van der Waals surface area contributed by atoms with E-state index in [4.69, 9.17) is 0 Å². The van der Waals surface area contributed by atoms with E-state index in [1.165, 1.54) is 38.0 Å². The topological polar surface area (TPSA) is 41.1 Å². The van der Waals surface area contributed by atoms with Gasteiger partial charge < -0.3 is 10.6 Å². The van der Waals surface area contributed by atoms with Crippen molar-refractivity contribution in [2.75, 3.05) is 12.3 Å². The van der Waals surface area contributed by atoms with Crippen LogP contribution >= 0.6 is 11.8 Å². The highest BCUT2D eigenvalue weighted by molar-refractivity contribution is 8.00. The lowest BCUT2D eigenvalue weighted by Crippen LogP contribution is -2.42. The molecule has 1 aliphatic carbocycles. The van der Waals surface area contributed by atoms with E-state index in [0.717, 1.165) is 18.1 Å². The Kier molecular flexibility index (Phi) is 5.16. The number of hydrogen-bond acceptors (Lipinski definition) is 3. The zero-order chi connectivity index (χ0) is 12.1. The van der Waals surface area contributed by atoms with Gasteiger partial charge in [-0.2, -0.15) is 11.8 Å². The van der Waals surface area contributed by atoms with Crippen LogP contribution in [0.1, 0.15) is 45.4 Å². The van der Waals surface area contributed by atoms with Crippen molar-refractivity contribution in [3.05, 3.63) is 0 Å². The minimum absolute atomic E-state index is 0.115. The molecule has 2 rings (SSSR count). The zero-order valence-corrected chi connectivity index (χ0v) is 11.5. The van der Waals surface area contributed by atoms with E-state index in [-0.39, 0.29) is 5.91 Å². The van der Waals surface area contributed by atoms with Crippen LogP contribution in [0, 0.1) is 0 Å². The number of carbonyl (C=O) groups excluding carboxylic acids is 1. The summed E-state index contributed by atoms with van der Waals surface area (Å²) in [7, 11) is 0. The van der Waals surface area contributed by atoms with Crippen LogP contribution in [0.15, 0.2) is 0 Å². The highest BCUT2D eigenvalue weighted by Gasteiger charge is 2.23. The van der Waals surface area contributed by atoms with Crippen LogP contribution in [-0.2, 0) is 4.79 Å². The molecule has 1 atom stereocenters. The molecule has 17 heavy (non-hydrogen) atoms. The second-order valence-corrected chi connectivity index (χ2v) is 6.70. The van der Waals surface area contributed by atoms with Crippen LogP contribution in [0.3, 0.4) is 0 Å². The summed E-state index contributed by atoms with van der Waals surface area (Å²) in [5, 5.41) is 7.58. The first-order chi connectivity index (χ1) is 8.24. The molecule has 0 spiro atoms. The molecule has 1 saturated heterocycles. The number of hydrogen-bond donors (Lipinski definition) is 2. The Morgan fingerprint density at radius 2 is 1.88 bits per heavy atom. The van der Waals surface area contributed by atoms with E-state index in [2.05, 4.69) is 22.4 Å².